The molecule has 16 aromatic rings. The van der Waals surface area contributed by atoms with Crippen LogP contribution in [-0.4, -0.2) is 29.1 Å². The molecule has 1 aliphatic rings. The number of aromatic nitrogens is 6. The third kappa shape index (κ3) is 8.42. The Hall–Kier alpha value is -11.5. The Morgan fingerprint density at radius 2 is 0.693 bits per heavy atom. The summed E-state index contributed by atoms with van der Waals surface area (Å²) in [6, 6.07) is 93.5. The van der Waals surface area contributed by atoms with Crippen LogP contribution in [0.4, 0.5) is 0 Å². The highest BCUT2D eigenvalue weighted by atomic mass is 16.3. The van der Waals surface area contributed by atoms with Crippen molar-refractivity contribution in [2.45, 2.75) is 18.9 Å². The molecule has 17 rings (SSSR count). The van der Waals surface area contributed by atoms with E-state index in [9.17, 15) is 0 Å². The molecule has 1 unspecified atom stereocenters. The second kappa shape index (κ2) is 20.6. The van der Waals surface area contributed by atoms with E-state index in [1.165, 1.54) is 16.3 Å². The Morgan fingerprint density at radius 3 is 1.07 bits per heavy atom. The third-order valence-corrected chi connectivity index (χ3v) is 17.9. The predicted octanol–water partition coefficient (Wildman–Crippen LogP) is 20.5. The largest absolute Gasteiger partial charge is 0.456 e. The Balaban J connectivity index is 0.824. The summed E-state index contributed by atoms with van der Waals surface area (Å²) in [6.07, 6.45) is 12.7. The zero-order chi connectivity index (χ0) is 58.3. The van der Waals surface area contributed by atoms with Gasteiger partial charge in [0.2, 0.25) is 0 Å². The van der Waals surface area contributed by atoms with Gasteiger partial charge in [-0.25, -0.2) is 0 Å². The second-order valence-corrected chi connectivity index (χ2v) is 23.1. The van der Waals surface area contributed by atoms with Crippen LogP contribution in [0.1, 0.15) is 18.2 Å². The van der Waals surface area contributed by atoms with Crippen molar-refractivity contribution in [2.75, 3.05) is 0 Å². The first-order valence-electron chi connectivity index (χ1n) is 29.9. The third-order valence-electron chi connectivity index (χ3n) is 17.9. The van der Waals surface area contributed by atoms with Crippen LogP contribution in [0.3, 0.4) is 0 Å². The molecule has 0 saturated carbocycles. The van der Waals surface area contributed by atoms with E-state index in [2.05, 4.69) is 265 Å². The molecule has 414 valence electrons. The number of benzene rings is 9. The first-order valence-corrected chi connectivity index (χ1v) is 29.9. The summed E-state index contributed by atoms with van der Waals surface area (Å²) in [4.78, 5) is 19.2. The van der Waals surface area contributed by atoms with Crippen molar-refractivity contribution in [3.05, 3.63) is 303 Å². The molecule has 7 heteroatoms. The van der Waals surface area contributed by atoms with Crippen LogP contribution in [0.2, 0.25) is 0 Å². The highest BCUT2D eigenvalue weighted by molar-refractivity contribution is 6.14. The van der Waals surface area contributed by atoms with Crippen LogP contribution in [0.5, 0.6) is 0 Å². The Morgan fingerprint density at radius 1 is 0.341 bits per heavy atom. The lowest BCUT2D eigenvalue weighted by atomic mass is 9.85. The zero-order valence-electron chi connectivity index (χ0n) is 48.1. The highest BCUT2D eigenvalue weighted by Gasteiger charge is 2.34. The van der Waals surface area contributed by atoms with Crippen LogP contribution >= 0.6 is 0 Å². The number of fused-ring (bicyclic) bond motifs is 9. The highest BCUT2D eigenvalue weighted by Crippen LogP contribution is 2.47. The molecule has 7 aromatic heterocycles. The van der Waals surface area contributed by atoms with E-state index in [4.69, 9.17) is 24.4 Å². The maximum absolute atomic E-state index is 6.85. The minimum Gasteiger partial charge on any atom is -0.456 e. The fraction of sp³-hybridized carbons (Fsp3) is 0.0370. The average molecular weight is 1130 g/mol. The van der Waals surface area contributed by atoms with Crippen LogP contribution in [-0.2, 0) is 12.0 Å². The van der Waals surface area contributed by atoms with Gasteiger partial charge < -0.3 is 13.6 Å². The zero-order valence-corrected chi connectivity index (χ0v) is 48.1. The molecule has 7 nitrogen and oxygen atoms in total. The van der Waals surface area contributed by atoms with E-state index in [-0.39, 0.29) is 0 Å². The quantitative estimate of drug-likeness (QED) is 0.136. The number of nitrogens with zero attached hydrogens (tertiary/aromatic N) is 6. The minimum atomic E-state index is -0.503. The molecule has 9 aromatic carbocycles. The maximum atomic E-state index is 6.85. The van der Waals surface area contributed by atoms with Gasteiger partial charge in [-0.1, -0.05) is 152 Å². The Kier molecular flexibility index (Phi) is 11.9. The summed E-state index contributed by atoms with van der Waals surface area (Å²) in [5.41, 5.74) is 24.3. The van der Waals surface area contributed by atoms with Crippen molar-refractivity contribution in [2.24, 2.45) is 0 Å². The molecule has 88 heavy (non-hydrogen) atoms. The van der Waals surface area contributed by atoms with Crippen molar-refractivity contribution >= 4 is 60.7 Å². The lowest BCUT2D eigenvalue weighted by Crippen LogP contribution is -2.32. The fourth-order valence-electron chi connectivity index (χ4n) is 13.9. The summed E-state index contributed by atoms with van der Waals surface area (Å²) in [5.74, 6) is 0.891. The molecule has 0 aliphatic heterocycles. The maximum Gasteiger partial charge on any atom is 0.135 e. The molecule has 0 spiro atoms. The first-order chi connectivity index (χ1) is 43.5. The number of rotatable bonds is 10. The molecule has 0 N–H and O–H groups in total. The van der Waals surface area contributed by atoms with Crippen molar-refractivity contribution in [3.63, 3.8) is 0 Å². The summed E-state index contributed by atoms with van der Waals surface area (Å²) in [7, 11) is 0. The van der Waals surface area contributed by atoms with Gasteiger partial charge in [0.15, 0.2) is 0 Å². The van der Waals surface area contributed by atoms with E-state index in [0.717, 1.165) is 145 Å². The molecule has 0 fully saturated rings. The van der Waals surface area contributed by atoms with Crippen molar-refractivity contribution in [1.82, 2.24) is 29.1 Å². The summed E-state index contributed by atoms with van der Waals surface area (Å²) in [6.45, 7) is 2.38. The van der Waals surface area contributed by atoms with E-state index in [1.807, 2.05) is 49.1 Å². The van der Waals surface area contributed by atoms with E-state index in [1.54, 1.807) is 0 Å². The SMILES string of the molecule is CC1(n2c3ccc(-c4ccccc4-c4ccccn4)cc3c3cc(-c4ccccc4-c4ccccn4)ccc32)C=Cc2oc3ccc(-n4c5ccc(-c6ccccc6-c6ccccn6)cc5c5cc(-c6ccccc6-c6ccccn6)ccc54)cc3c2C1. The van der Waals surface area contributed by atoms with E-state index >= 15 is 0 Å². The normalized spacial score (nSPS) is 13.9. The van der Waals surface area contributed by atoms with E-state index < -0.39 is 5.54 Å². The first kappa shape index (κ1) is 50.9. The van der Waals surface area contributed by atoms with Gasteiger partial charge in [-0.05, 0) is 173 Å². The second-order valence-electron chi connectivity index (χ2n) is 23.1. The summed E-state index contributed by atoms with van der Waals surface area (Å²) < 4.78 is 11.9. The molecular formula is C81H54N6O. The Labute approximate surface area is 508 Å². The summed E-state index contributed by atoms with van der Waals surface area (Å²) >= 11 is 0. The summed E-state index contributed by atoms with van der Waals surface area (Å²) in [5, 5.41) is 5.77. The van der Waals surface area contributed by atoms with Crippen LogP contribution in [0.15, 0.2) is 296 Å². The molecule has 1 aliphatic carbocycles. The van der Waals surface area contributed by atoms with Crippen molar-refractivity contribution in [1.29, 1.82) is 0 Å². The van der Waals surface area contributed by atoms with Crippen molar-refractivity contribution in [3.8, 4) is 95.2 Å². The van der Waals surface area contributed by atoms with Crippen molar-refractivity contribution < 1.29 is 4.42 Å². The number of furan rings is 1. The monoisotopic (exact) mass is 1130 g/mol. The minimum absolute atomic E-state index is 0.503. The van der Waals surface area contributed by atoms with Gasteiger partial charge in [-0.2, -0.15) is 0 Å². The Bertz CT molecular complexity index is 5150. The van der Waals surface area contributed by atoms with Gasteiger partial charge in [0.1, 0.15) is 11.3 Å². The van der Waals surface area contributed by atoms with Crippen LogP contribution < -0.4 is 0 Å². The predicted molar refractivity (Wildman–Crippen MR) is 361 cm³/mol. The van der Waals surface area contributed by atoms with Gasteiger partial charge >= 0.3 is 0 Å². The number of hydrogen-bond donors (Lipinski definition) is 0. The number of pyridine rings is 4. The molecule has 0 bridgehead atoms. The lowest BCUT2D eigenvalue weighted by molar-refractivity contribution is 0.425. The van der Waals surface area contributed by atoms with Gasteiger partial charge in [0.25, 0.3) is 0 Å². The van der Waals surface area contributed by atoms with Crippen LogP contribution in [0, 0.1) is 0 Å². The standard InChI is InChI=1S/C81H54N6O/c1-81(87-77-37-32-54(59-20-4-8-24-63(59)73-28-12-16-44-84-73)48-67(77)68-49-55(33-38-78(68)87)60-21-5-9-25-64(60)74-29-13-17-45-85-74)41-40-80-70(51-81)69-50-56(34-39-79(69)88-80)86-75-35-30-52(57-18-2-6-22-61(57)71-26-10-14-42-82-71)46-65(75)66-47-53(31-36-76(66)86)58-19-3-7-23-62(58)72-27-11-15-43-83-72/h2-50H,51H2,1H3. The number of allylic oxidation sites excluding steroid dienone is 1. The van der Waals surface area contributed by atoms with Gasteiger partial charge in [-0.15, -0.1) is 0 Å². The molecular weight excluding hydrogens is 1070 g/mol. The molecule has 0 amide bonds. The molecule has 0 radical (unpaired) electrons. The van der Waals surface area contributed by atoms with Gasteiger partial charge in [-0.3, -0.25) is 19.9 Å². The molecule has 7 heterocycles. The smallest absolute Gasteiger partial charge is 0.135 e. The lowest BCUT2D eigenvalue weighted by Gasteiger charge is -2.33. The van der Waals surface area contributed by atoms with Crippen LogP contribution in [0.25, 0.3) is 156 Å². The van der Waals surface area contributed by atoms with Gasteiger partial charge in [0, 0.05) is 103 Å². The fourth-order valence-corrected chi connectivity index (χ4v) is 13.9. The molecule has 1 atom stereocenters. The molecule has 0 saturated heterocycles. The van der Waals surface area contributed by atoms with Gasteiger partial charge in [0.05, 0.1) is 39.3 Å². The topological polar surface area (TPSA) is 74.6 Å². The van der Waals surface area contributed by atoms with E-state index in [0.29, 0.717) is 6.42 Å². The number of hydrogen-bond acceptors (Lipinski definition) is 5. The average Bonchev–Trinajstić information content (AvgIpc) is 1.73.